The fourth-order valence-corrected chi connectivity index (χ4v) is 4.84. The van der Waals surface area contributed by atoms with Crippen LogP contribution in [0.5, 0.6) is 5.75 Å². The Morgan fingerprint density at radius 3 is 2.41 bits per heavy atom. The third kappa shape index (κ3) is 4.42. The Kier molecular flexibility index (Phi) is 6.22. The Labute approximate surface area is 173 Å². The Hall–Kier alpha value is -2.87. The molecule has 1 aromatic heterocycles. The van der Waals surface area contributed by atoms with Gasteiger partial charge in [0.2, 0.25) is 0 Å². The van der Waals surface area contributed by atoms with Crippen LogP contribution in [0, 0.1) is 13.8 Å². The summed E-state index contributed by atoms with van der Waals surface area (Å²) in [5.41, 5.74) is 2.90. The second kappa shape index (κ2) is 8.65. The van der Waals surface area contributed by atoms with Crippen LogP contribution in [-0.2, 0) is 25.5 Å². The minimum Gasteiger partial charge on any atom is -0.484 e. The molecule has 154 valence electrons. The smallest absolute Gasteiger partial charge is 0.341 e. The van der Waals surface area contributed by atoms with E-state index in [1.807, 2.05) is 32.0 Å². The molecule has 1 heterocycles. The fraction of sp³-hybridized carbons (Fsp3) is 0.381. The molecule has 0 radical (unpaired) electrons. The van der Waals surface area contributed by atoms with Crippen molar-refractivity contribution in [3.8, 4) is 5.75 Å². The van der Waals surface area contributed by atoms with Crippen molar-refractivity contribution < 1.29 is 28.6 Å². The Bertz CT molecular complexity index is 944. The molecule has 1 aliphatic carbocycles. The average Bonchev–Trinajstić information content (AvgIpc) is 3.23. The maximum Gasteiger partial charge on any atom is 0.341 e. The van der Waals surface area contributed by atoms with E-state index in [-0.39, 0.29) is 12.2 Å². The van der Waals surface area contributed by atoms with Crippen LogP contribution >= 0.6 is 11.3 Å². The predicted octanol–water partition coefficient (Wildman–Crippen LogP) is 3.37. The van der Waals surface area contributed by atoms with E-state index in [1.165, 1.54) is 25.6 Å². The van der Waals surface area contributed by atoms with Crippen molar-refractivity contribution >= 4 is 34.2 Å². The number of benzene rings is 1. The lowest BCUT2D eigenvalue weighted by Gasteiger charge is -2.12. The van der Waals surface area contributed by atoms with Crippen molar-refractivity contribution in [3.63, 3.8) is 0 Å². The first-order valence-corrected chi connectivity index (χ1v) is 9.98. The standard InChI is InChI=1S/C21H23NO6S/c1-11-7-12(2)9-13(8-11)28-10-16(23)22-19-18(21(25)27-4)17-14(20(24)26-3)5-6-15(17)29-19/h7-9,14H,5-6,10H2,1-4H3,(H,22,23)/t14-/m1/s1. The highest BCUT2D eigenvalue weighted by atomic mass is 32.1. The molecule has 1 aromatic carbocycles. The monoisotopic (exact) mass is 417 g/mol. The van der Waals surface area contributed by atoms with Gasteiger partial charge in [0.25, 0.3) is 5.91 Å². The summed E-state index contributed by atoms with van der Waals surface area (Å²) in [6.07, 6.45) is 1.21. The third-order valence-electron chi connectivity index (χ3n) is 4.72. The SMILES string of the molecule is COC(=O)c1c(NC(=O)COc2cc(C)cc(C)c2)sc2c1[C@H](C(=O)OC)CC2. The molecule has 1 amide bonds. The van der Waals surface area contributed by atoms with E-state index in [0.29, 0.717) is 29.2 Å². The lowest BCUT2D eigenvalue weighted by atomic mass is 9.99. The van der Waals surface area contributed by atoms with Crippen molar-refractivity contribution in [1.29, 1.82) is 0 Å². The van der Waals surface area contributed by atoms with Gasteiger partial charge in [-0.3, -0.25) is 9.59 Å². The summed E-state index contributed by atoms with van der Waals surface area (Å²) in [6.45, 7) is 3.70. The van der Waals surface area contributed by atoms with Gasteiger partial charge in [-0.15, -0.1) is 11.3 Å². The van der Waals surface area contributed by atoms with Crippen molar-refractivity contribution in [2.24, 2.45) is 0 Å². The third-order valence-corrected chi connectivity index (χ3v) is 5.90. The summed E-state index contributed by atoms with van der Waals surface area (Å²) in [7, 11) is 2.58. The molecule has 0 spiro atoms. The molecule has 0 saturated heterocycles. The van der Waals surface area contributed by atoms with Gasteiger partial charge < -0.3 is 19.5 Å². The lowest BCUT2D eigenvalue weighted by Crippen LogP contribution is -2.22. The number of esters is 2. The van der Waals surface area contributed by atoms with Crippen LogP contribution in [0.4, 0.5) is 5.00 Å². The molecule has 0 unspecified atom stereocenters. The summed E-state index contributed by atoms with van der Waals surface area (Å²) >= 11 is 1.28. The van der Waals surface area contributed by atoms with Crippen molar-refractivity contribution in [2.75, 3.05) is 26.1 Å². The number of anilines is 1. The number of rotatable bonds is 6. The highest BCUT2D eigenvalue weighted by Crippen LogP contribution is 2.45. The van der Waals surface area contributed by atoms with Crippen molar-refractivity contribution in [1.82, 2.24) is 0 Å². The number of aryl methyl sites for hydroxylation is 3. The maximum absolute atomic E-state index is 12.4. The number of carbonyl (C=O) groups excluding carboxylic acids is 3. The second-order valence-electron chi connectivity index (χ2n) is 6.91. The topological polar surface area (TPSA) is 90.9 Å². The van der Waals surface area contributed by atoms with Gasteiger partial charge in [0.15, 0.2) is 6.61 Å². The normalized spacial score (nSPS) is 14.8. The number of nitrogens with one attached hydrogen (secondary N) is 1. The molecule has 1 aliphatic rings. The zero-order valence-corrected chi connectivity index (χ0v) is 17.6. The molecule has 1 atom stereocenters. The van der Waals surface area contributed by atoms with Gasteiger partial charge in [-0.1, -0.05) is 6.07 Å². The highest BCUT2D eigenvalue weighted by Gasteiger charge is 2.38. The van der Waals surface area contributed by atoms with E-state index in [4.69, 9.17) is 14.2 Å². The van der Waals surface area contributed by atoms with Crippen LogP contribution in [0.25, 0.3) is 0 Å². The Balaban J connectivity index is 1.79. The van der Waals surface area contributed by atoms with Crippen LogP contribution < -0.4 is 10.1 Å². The largest absolute Gasteiger partial charge is 0.484 e. The van der Waals surface area contributed by atoms with Crippen molar-refractivity contribution in [3.05, 3.63) is 45.3 Å². The first kappa shape index (κ1) is 20.9. The number of hydrogen-bond donors (Lipinski definition) is 1. The van der Waals surface area contributed by atoms with E-state index in [9.17, 15) is 14.4 Å². The van der Waals surface area contributed by atoms with Crippen LogP contribution in [0.2, 0.25) is 0 Å². The average molecular weight is 417 g/mol. The molecular weight excluding hydrogens is 394 g/mol. The van der Waals surface area contributed by atoms with Crippen LogP contribution in [-0.4, -0.2) is 38.7 Å². The minimum absolute atomic E-state index is 0.202. The minimum atomic E-state index is -0.594. The molecule has 0 saturated carbocycles. The summed E-state index contributed by atoms with van der Waals surface area (Å²) in [6, 6.07) is 5.71. The van der Waals surface area contributed by atoms with Gasteiger partial charge in [0.05, 0.1) is 25.7 Å². The zero-order valence-electron chi connectivity index (χ0n) is 16.8. The number of ether oxygens (including phenoxy) is 3. The number of amides is 1. The van der Waals surface area contributed by atoms with Crippen molar-refractivity contribution in [2.45, 2.75) is 32.6 Å². The number of thiophene rings is 1. The Morgan fingerprint density at radius 1 is 1.10 bits per heavy atom. The van der Waals surface area contributed by atoms with E-state index < -0.39 is 23.8 Å². The number of hydrogen-bond acceptors (Lipinski definition) is 7. The quantitative estimate of drug-likeness (QED) is 0.725. The van der Waals surface area contributed by atoms with Crippen LogP contribution in [0.3, 0.4) is 0 Å². The molecule has 8 heteroatoms. The molecule has 2 aromatic rings. The maximum atomic E-state index is 12.4. The first-order valence-electron chi connectivity index (χ1n) is 9.16. The molecule has 3 rings (SSSR count). The fourth-order valence-electron chi connectivity index (χ4n) is 3.56. The zero-order chi connectivity index (χ0) is 21.1. The van der Waals surface area contributed by atoms with E-state index in [2.05, 4.69) is 5.32 Å². The predicted molar refractivity (Wildman–Crippen MR) is 109 cm³/mol. The molecule has 1 N–H and O–H groups in total. The Morgan fingerprint density at radius 2 is 1.79 bits per heavy atom. The number of carbonyl (C=O) groups is 3. The van der Waals surface area contributed by atoms with E-state index >= 15 is 0 Å². The van der Waals surface area contributed by atoms with Crippen LogP contribution in [0.15, 0.2) is 18.2 Å². The molecule has 7 nitrogen and oxygen atoms in total. The number of fused-ring (bicyclic) bond motifs is 1. The number of methoxy groups -OCH3 is 2. The van der Waals surface area contributed by atoms with E-state index in [1.54, 1.807) is 0 Å². The van der Waals surface area contributed by atoms with E-state index in [0.717, 1.165) is 16.0 Å². The van der Waals surface area contributed by atoms with Gasteiger partial charge in [-0.05, 0) is 55.5 Å². The lowest BCUT2D eigenvalue weighted by molar-refractivity contribution is -0.142. The molecule has 0 bridgehead atoms. The summed E-state index contributed by atoms with van der Waals surface area (Å²) in [5.74, 6) is -1.32. The second-order valence-corrected chi connectivity index (χ2v) is 8.01. The summed E-state index contributed by atoms with van der Waals surface area (Å²) in [5, 5.41) is 3.10. The first-order chi connectivity index (χ1) is 13.8. The summed E-state index contributed by atoms with van der Waals surface area (Å²) < 4.78 is 15.3. The van der Waals surface area contributed by atoms with Gasteiger partial charge >= 0.3 is 11.9 Å². The molecule has 0 fully saturated rings. The van der Waals surface area contributed by atoms with Gasteiger partial charge in [0, 0.05) is 4.88 Å². The van der Waals surface area contributed by atoms with Crippen LogP contribution in [0.1, 0.15) is 44.3 Å². The van der Waals surface area contributed by atoms with Gasteiger partial charge in [-0.25, -0.2) is 4.79 Å². The summed E-state index contributed by atoms with van der Waals surface area (Å²) in [4.78, 5) is 37.8. The molecular formula is C21H23NO6S. The van der Waals surface area contributed by atoms with Gasteiger partial charge in [0.1, 0.15) is 10.8 Å². The molecule has 0 aliphatic heterocycles. The van der Waals surface area contributed by atoms with Gasteiger partial charge in [-0.2, -0.15) is 0 Å². The highest BCUT2D eigenvalue weighted by molar-refractivity contribution is 7.17. The molecule has 29 heavy (non-hydrogen) atoms.